The molecule has 2 rings (SSSR count). The first-order valence-corrected chi connectivity index (χ1v) is 5.36. The topological polar surface area (TPSA) is 41.6 Å². The number of hydrogen-bond donors (Lipinski definition) is 1. The summed E-state index contributed by atoms with van der Waals surface area (Å²) >= 11 is 0. The van der Waals surface area contributed by atoms with Crippen molar-refractivity contribution < 1.29 is 9.53 Å². The van der Waals surface area contributed by atoms with Gasteiger partial charge in [0.2, 0.25) is 0 Å². The molecule has 0 radical (unpaired) electrons. The molecule has 0 unspecified atom stereocenters. The number of hydrogen-bond acceptors (Lipinski definition) is 3. The van der Waals surface area contributed by atoms with E-state index in [1.807, 2.05) is 36.4 Å². The largest absolute Gasteiger partial charge is 0.452 e. The Kier molecular flexibility index (Phi) is 3.45. The van der Waals surface area contributed by atoms with Crippen LogP contribution in [0.1, 0.15) is 5.56 Å². The van der Waals surface area contributed by atoms with Crippen LogP contribution in [0.2, 0.25) is 0 Å². The summed E-state index contributed by atoms with van der Waals surface area (Å²) in [5, 5.41) is 3.05. The van der Waals surface area contributed by atoms with Crippen molar-refractivity contribution in [1.82, 2.24) is 10.2 Å². The maximum absolute atomic E-state index is 11.7. The molecule has 0 saturated carbocycles. The number of amides is 1. The lowest BCUT2D eigenvalue weighted by atomic mass is 10.1. The highest BCUT2D eigenvalue weighted by molar-refractivity contribution is 5.83. The zero-order chi connectivity index (χ0) is 12.1. The maximum Gasteiger partial charge on any atom is 0.418 e. The van der Waals surface area contributed by atoms with Gasteiger partial charge in [0.25, 0.3) is 0 Å². The predicted octanol–water partition coefficient (Wildman–Crippen LogP) is 2.17. The van der Waals surface area contributed by atoms with E-state index in [-0.39, 0.29) is 0 Å². The summed E-state index contributed by atoms with van der Waals surface area (Å²) in [6, 6.07) is 9.74. The van der Waals surface area contributed by atoms with Crippen LogP contribution < -0.4 is 5.32 Å². The van der Waals surface area contributed by atoms with Gasteiger partial charge in [0, 0.05) is 18.9 Å². The third-order valence-corrected chi connectivity index (χ3v) is 2.46. The van der Waals surface area contributed by atoms with Crippen LogP contribution in [0.5, 0.6) is 0 Å². The minimum atomic E-state index is -0.403. The highest BCUT2D eigenvalue weighted by atomic mass is 16.5. The van der Waals surface area contributed by atoms with E-state index >= 15 is 0 Å². The fourth-order valence-electron chi connectivity index (χ4n) is 1.65. The van der Waals surface area contributed by atoms with E-state index < -0.39 is 6.09 Å². The highest BCUT2D eigenvalue weighted by Crippen LogP contribution is 2.21. The van der Waals surface area contributed by atoms with Crippen LogP contribution >= 0.6 is 0 Å². The van der Waals surface area contributed by atoms with Gasteiger partial charge in [-0.15, -0.1) is 0 Å². The van der Waals surface area contributed by atoms with Crippen molar-refractivity contribution in [2.24, 2.45) is 0 Å². The molecule has 88 valence electrons. The van der Waals surface area contributed by atoms with Crippen LogP contribution in [-0.2, 0) is 4.74 Å². The molecule has 0 fully saturated rings. The molecule has 0 aromatic heterocycles. The van der Waals surface area contributed by atoms with Gasteiger partial charge in [-0.1, -0.05) is 30.3 Å². The fourth-order valence-corrected chi connectivity index (χ4v) is 1.65. The minimum absolute atomic E-state index is 0.403. The molecule has 1 amide bonds. The molecule has 1 heterocycles. The van der Waals surface area contributed by atoms with Crippen molar-refractivity contribution >= 4 is 11.8 Å². The molecule has 0 spiro atoms. The lowest BCUT2D eigenvalue weighted by Crippen LogP contribution is -2.23. The molecule has 0 bridgehead atoms. The van der Waals surface area contributed by atoms with Crippen molar-refractivity contribution in [3.8, 4) is 0 Å². The van der Waals surface area contributed by atoms with Crippen LogP contribution in [-0.4, -0.2) is 24.6 Å². The summed E-state index contributed by atoms with van der Waals surface area (Å²) in [5.41, 5.74) is 1.80. The van der Waals surface area contributed by atoms with E-state index in [9.17, 15) is 4.79 Å². The average molecular weight is 230 g/mol. The van der Waals surface area contributed by atoms with Gasteiger partial charge in [0.15, 0.2) is 0 Å². The second-order valence-corrected chi connectivity index (χ2v) is 3.52. The first-order chi connectivity index (χ1) is 8.33. The number of ether oxygens (including phenoxy) is 1. The number of carbonyl (C=O) groups is 1. The van der Waals surface area contributed by atoms with Gasteiger partial charge < -0.3 is 10.1 Å². The zero-order valence-corrected chi connectivity index (χ0v) is 9.59. The molecule has 17 heavy (non-hydrogen) atoms. The molecule has 4 nitrogen and oxygen atoms in total. The summed E-state index contributed by atoms with van der Waals surface area (Å²) in [7, 11) is 1.37. The lowest BCUT2D eigenvalue weighted by Gasteiger charge is -2.19. The number of benzene rings is 1. The Hall–Kier alpha value is -2.23. The van der Waals surface area contributed by atoms with Gasteiger partial charge >= 0.3 is 6.09 Å². The standard InChI is InChI=1S/C13H14N2O2/c1-17-13(16)15-10-9-14-8-7-12(15)11-5-3-2-4-6-11/h2-7,9-10,14H,8H2,1H3. The van der Waals surface area contributed by atoms with Crippen molar-refractivity contribution in [1.29, 1.82) is 0 Å². The molecule has 4 heteroatoms. The van der Waals surface area contributed by atoms with E-state index in [0.717, 1.165) is 11.3 Å². The SMILES string of the molecule is COC(=O)N1C=CNCC=C1c1ccccc1. The number of carbonyl (C=O) groups excluding carboxylic acids is 1. The minimum Gasteiger partial charge on any atom is -0.452 e. The Labute approximate surface area is 100 Å². The summed E-state index contributed by atoms with van der Waals surface area (Å²) in [6.45, 7) is 0.675. The number of methoxy groups -OCH3 is 1. The van der Waals surface area contributed by atoms with Gasteiger partial charge in [-0.05, 0) is 11.6 Å². The Morgan fingerprint density at radius 3 is 2.82 bits per heavy atom. The quantitative estimate of drug-likeness (QED) is 0.804. The Bertz CT molecular complexity index is 452. The zero-order valence-electron chi connectivity index (χ0n) is 9.59. The van der Waals surface area contributed by atoms with Crippen LogP contribution in [0.4, 0.5) is 4.79 Å². The molecule has 1 aromatic carbocycles. The Balaban J connectivity index is 2.37. The molecule has 0 saturated heterocycles. The van der Waals surface area contributed by atoms with E-state index in [1.165, 1.54) is 12.0 Å². The average Bonchev–Trinajstić information content (AvgIpc) is 2.64. The highest BCUT2D eigenvalue weighted by Gasteiger charge is 2.18. The Morgan fingerprint density at radius 1 is 1.35 bits per heavy atom. The summed E-state index contributed by atoms with van der Waals surface area (Å²) in [5.74, 6) is 0. The van der Waals surface area contributed by atoms with Gasteiger partial charge in [-0.2, -0.15) is 0 Å². The Morgan fingerprint density at radius 2 is 2.12 bits per heavy atom. The molecule has 1 N–H and O–H groups in total. The second-order valence-electron chi connectivity index (χ2n) is 3.52. The van der Waals surface area contributed by atoms with Gasteiger partial charge in [0.1, 0.15) is 0 Å². The lowest BCUT2D eigenvalue weighted by molar-refractivity contribution is 0.154. The van der Waals surface area contributed by atoms with E-state index in [2.05, 4.69) is 5.32 Å². The van der Waals surface area contributed by atoms with Gasteiger partial charge in [-0.3, -0.25) is 4.90 Å². The second kappa shape index (κ2) is 5.21. The van der Waals surface area contributed by atoms with E-state index in [0.29, 0.717) is 6.54 Å². The third kappa shape index (κ3) is 2.47. The van der Waals surface area contributed by atoms with Crippen molar-refractivity contribution in [2.75, 3.05) is 13.7 Å². The number of nitrogens with zero attached hydrogens (tertiary/aromatic N) is 1. The third-order valence-electron chi connectivity index (χ3n) is 2.46. The summed E-state index contributed by atoms with van der Waals surface area (Å²) in [6.07, 6.45) is 4.94. The molecule has 0 atom stereocenters. The van der Waals surface area contributed by atoms with Crippen LogP contribution in [0.25, 0.3) is 5.70 Å². The van der Waals surface area contributed by atoms with E-state index in [4.69, 9.17) is 4.74 Å². The fraction of sp³-hybridized carbons (Fsp3) is 0.154. The first kappa shape index (κ1) is 11.3. The summed E-state index contributed by atoms with van der Waals surface area (Å²) < 4.78 is 4.76. The number of nitrogens with one attached hydrogen (secondary N) is 1. The normalized spacial score (nSPS) is 14.6. The van der Waals surface area contributed by atoms with Crippen molar-refractivity contribution in [3.63, 3.8) is 0 Å². The molecular formula is C13H14N2O2. The monoisotopic (exact) mass is 230 g/mol. The maximum atomic E-state index is 11.7. The molecule has 1 aliphatic heterocycles. The molecule has 1 aliphatic rings. The summed E-state index contributed by atoms with van der Waals surface area (Å²) in [4.78, 5) is 13.2. The first-order valence-electron chi connectivity index (χ1n) is 5.36. The van der Waals surface area contributed by atoms with Crippen LogP contribution in [0.15, 0.2) is 48.8 Å². The van der Waals surface area contributed by atoms with Crippen LogP contribution in [0.3, 0.4) is 0 Å². The van der Waals surface area contributed by atoms with Crippen molar-refractivity contribution in [3.05, 3.63) is 54.4 Å². The van der Waals surface area contributed by atoms with Gasteiger partial charge in [0.05, 0.1) is 12.8 Å². The molecular weight excluding hydrogens is 216 g/mol. The smallest absolute Gasteiger partial charge is 0.418 e. The molecule has 0 aliphatic carbocycles. The van der Waals surface area contributed by atoms with Gasteiger partial charge in [-0.25, -0.2) is 4.79 Å². The number of rotatable bonds is 1. The van der Waals surface area contributed by atoms with Crippen LogP contribution in [0, 0.1) is 0 Å². The predicted molar refractivity (Wildman–Crippen MR) is 65.8 cm³/mol. The van der Waals surface area contributed by atoms with E-state index in [1.54, 1.807) is 12.4 Å². The molecule has 1 aromatic rings. The van der Waals surface area contributed by atoms with Crippen molar-refractivity contribution in [2.45, 2.75) is 0 Å².